The third-order valence-electron chi connectivity index (χ3n) is 3.08. The van der Waals surface area contributed by atoms with Crippen LogP contribution in [0.2, 0.25) is 0 Å². The van der Waals surface area contributed by atoms with Crippen LogP contribution in [0.15, 0.2) is 60.0 Å². The van der Waals surface area contributed by atoms with Crippen LogP contribution in [0.5, 0.6) is 0 Å². The zero-order valence-electron chi connectivity index (χ0n) is 13.2. The first-order valence-electron chi connectivity index (χ1n) is 7.16. The zero-order valence-corrected chi connectivity index (χ0v) is 14.0. The predicted molar refractivity (Wildman–Crippen MR) is 91.7 cm³/mol. The average Bonchev–Trinajstić information content (AvgIpc) is 2.55. The molecule has 0 saturated heterocycles. The fourth-order valence-electron chi connectivity index (χ4n) is 1.90. The SMILES string of the molecule is CS(=O)(=O)N(CC(=O)N/N=C\c1cccnc1)Cc1ccccc1. The largest absolute Gasteiger partial charge is 0.272 e. The molecule has 0 radical (unpaired) electrons. The molecule has 1 N–H and O–H groups in total. The number of benzene rings is 1. The van der Waals surface area contributed by atoms with E-state index in [1.807, 2.05) is 18.2 Å². The Hall–Kier alpha value is -2.58. The minimum absolute atomic E-state index is 0.124. The molecular formula is C16H18N4O3S. The van der Waals surface area contributed by atoms with Crippen LogP contribution in [-0.4, -0.2) is 42.6 Å². The van der Waals surface area contributed by atoms with Crippen molar-refractivity contribution in [2.45, 2.75) is 6.54 Å². The smallest absolute Gasteiger partial charge is 0.255 e. The first-order valence-corrected chi connectivity index (χ1v) is 9.01. The highest BCUT2D eigenvalue weighted by atomic mass is 32.2. The van der Waals surface area contributed by atoms with Crippen LogP contribution in [0.4, 0.5) is 0 Å². The summed E-state index contributed by atoms with van der Waals surface area (Å²) in [6.07, 6.45) is 5.73. The average molecular weight is 346 g/mol. The van der Waals surface area contributed by atoms with Crippen molar-refractivity contribution in [3.63, 3.8) is 0 Å². The predicted octanol–water partition coefficient (Wildman–Crippen LogP) is 0.994. The molecule has 1 aromatic carbocycles. The quantitative estimate of drug-likeness (QED) is 0.598. The third-order valence-corrected chi connectivity index (χ3v) is 4.27. The Kier molecular flexibility index (Phi) is 6.16. The molecule has 1 amide bonds. The second kappa shape index (κ2) is 8.32. The molecule has 0 unspecified atom stereocenters. The van der Waals surface area contributed by atoms with Gasteiger partial charge in [-0.15, -0.1) is 0 Å². The second-order valence-corrected chi connectivity index (χ2v) is 7.08. The van der Waals surface area contributed by atoms with E-state index in [0.29, 0.717) is 0 Å². The summed E-state index contributed by atoms with van der Waals surface area (Å²) in [6, 6.07) is 12.6. The number of hydrogen-bond acceptors (Lipinski definition) is 5. The van der Waals surface area contributed by atoms with Gasteiger partial charge in [0.25, 0.3) is 5.91 Å². The topological polar surface area (TPSA) is 91.7 Å². The molecule has 1 heterocycles. The number of rotatable bonds is 7. The van der Waals surface area contributed by atoms with Crippen molar-refractivity contribution in [1.82, 2.24) is 14.7 Å². The highest BCUT2D eigenvalue weighted by molar-refractivity contribution is 7.88. The number of aromatic nitrogens is 1. The summed E-state index contributed by atoms with van der Waals surface area (Å²) in [5.74, 6) is -0.517. The van der Waals surface area contributed by atoms with E-state index in [1.165, 1.54) is 6.21 Å². The number of hydrogen-bond donors (Lipinski definition) is 1. The molecule has 0 aliphatic carbocycles. The van der Waals surface area contributed by atoms with Gasteiger partial charge in [0.15, 0.2) is 0 Å². The van der Waals surface area contributed by atoms with Gasteiger partial charge in [-0.25, -0.2) is 13.8 Å². The molecule has 24 heavy (non-hydrogen) atoms. The van der Waals surface area contributed by atoms with Gasteiger partial charge in [0.1, 0.15) is 0 Å². The standard InChI is InChI=1S/C16H18N4O3S/c1-24(22,23)20(12-14-6-3-2-4-7-14)13-16(21)19-18-11-15-8-5-9-17-10-15/h2-11H,12-13H2,1H3,(H,19,21)/b18-11-. The van der Waals surface area contributed by atoms with Crippen LogP contribution in [0.1, 0.15) is 11.1 Å². The van der Waals surface area contributed by atoms with E-state index in [9.17, 15) is 13.2 Å². The molecule has 7 nitrogen and oxygen atoms in total. The van der Waals surface area contributed by atoms with E-state index in [2.05, 4.69) is 15.5 Å². The molecular weight excluding hydrogens is 328 g/mol. The Morgan fingerprint density at radius 1 is 1.25 bits per heavy atom. The molecule has 0 spiro atoms. The molecule has 0 aliphatic heterocycles. The van der Waals surface area contributed by atoms with Gasteiger partial charge >= 0.3 is 0 Å². The fraction of sp³-hybridized carbons (Fsp3) is 0.188. The lowest BCUT2D eigenvalue weighted by atomic mass is 10.2. The number of pyridine rings is 1. The molecule has 0 fully saturated rings. The van der Waals surface area contributed by atoms with Gasteiger partial charge in [-0.1, -0.05) is 36.4 Å². The summed E-state index contributed by atoms with van der Waals surface area (Å²) in [4.78, 5) is 15.9. The van der Waals surface area contributed by atoms with E-state index in [1.54, 1.807) is 36.7 Å². The molecule has 2 rings (SSSR count). The van der Waals surface area contributed by atoms with Gasteiger partial charge in [-0.3, -0.25) is 9.78 Å². The van der Waals surface area contributed by atoms with Crippen molar-refractivity contribution in [2.75, 3.05) is 12.8 Å². The summed E-state index contributed by atoms with van der Waals surface area (Å²) in [5, 5.41) is 3.80. The van der Waals surface area contributed by atoms with Gasteiger partial charge < -0.3 is 0 Å². The first kappa shape index (κ1) is 17.8. The third kappa shape index (κ3) is 5.90. The molecule has 1 aromatic heterocycles. The molecule has 0 bridgehead atoms. The lowest BCUT2D eigenvalue weighted by Crippen LogP contribution is -2.38. The van der Waals surface area contributed by atoms with Gasteiger partial charge in [-0.05, 0) is 11.6 Å². The van der Waals surface area contributed by atoms with Gasteiger partial charge in [-0.2, -0.15) is 9.41 Å². The Bertz CT molecular complexity index is 793. The number of carbonyl (C=O) groups excluding carboxylic acids is 1. The minimum atomic E-state index is -3.52. The van der Waals surface area contributed by atoms with Gasteiger partial charge in [0.2, 0.25) is 10.0 Å². The zero-order chi connectivity index (χ0) is 17.4. The van der Waals surface area contributed by atoms with Crippen molar-refractivity contribution in [3.05, 3.63) is 66.0 Å². The number of nitrogens with zero attached hydrogens (tertiary/aromatic N) is 3. The Labute approximate surface area is 141 Å². The normalized spacial score (nSPS) is 11.8. The van der Waals surface area contributed by atoms with Crippen molar-refractivity contribution in [3.8, 4) is 0 Å². The van der Waals surface area contributed by atoms with E-state index in [4.69, 9.17) is 0 Å². The summed E-state index contributed by atoms with van der Waals surface area (Å²) in [5.41, 5.74) is 3.84. The maximum Gasteiger partial charge on any atom is 0.255 e. The molecule has 0 aliphatic rings. The second-order valence-electron chi connectivity index (χ2n) is 5.10. The van der Waals surface area contributed by atoms with Crippen LogP contribution in [0.3, 0.4) is 0 Å². The van der Waals surface area contributed by atoms with E-state index >= 15 is 0 Å². The maximum absolute atomic E-state index is 11.9. The van der Waals surface area contributed by atoms with Crippen molar-refractivity contribution in [2.24, 2.45) is 5.10 Å². The minimum Gasteiger partial charge on any atom is -0.272 e. The molecule has 8 heteroatoms. The molecule has 0 saturated carbocycles. The highest BCUT2D eigenvalue weighted by Crippen LogP contribution is 2.07. The van der Waals surface area contributed by atoms with Crippen molar-refractivity contribution < 1.29 is 13.2 Å². The first-order chi connectivity index (χ1) is 11.4. The number of carbonyl (C=O) groups is 1. The molecule has 0 atom stereocenters. The van der Waals surface area contributed by atoms with Crippen molar-refractivity contribution in [1.29, 1.82) is 0 Å². The lowest BCUT2D eigenvalue weighted by Gasteiger charge is -2.18. The number of nitrogens with one attached hydrogen (secondary N) is 1. The monoisotopic (exact) mass is 346 g/mol. The maximum atomic E-state index is 11.9. The van der Waals surface area contributed by atoms with E-state index in [-0.39, 0.29) is 13.1 Å². The highest BCUT2D eigenvalue weighted by Gasteiger charge is 2.20. The van der Waals surface area contributed by atoms with E-state index < -0.39 is 15.9 Å². The number of amides is 1. The van der Waals surface area contributed by atoms with E-state index in [0.717, 1.165) is 21.7 Å². The summed E-state index contributed by atoms with van der Waals surface area (Å²) in [6.45, 7) is -0.183. The summed E-state index contributed by atoms with van der Waals surface area (Å²) in [7, 11) is -3.52. The van der Waals surface area contributed by atoms with Crippen LogP contribution in [0, 0.1) is 0 Å². The summed E-state index contributed by atoms with van der Waals surface area (Å²) >= 11 is 0. The van der Waals surface area contributed by atoms with Crippen LogP contribution < -0.4 is 5.43 Å². The fourth-order valence-corrected chi connectivity index (χ4v) is 2.64. The Balaban J connectivity index is 1.96. The lowest BCUT2D eigenvalue weighted by molar-refractivity contribution is -0.121. The Morgan fingerprint density at radius 2 is 2.00 bits per heavy atom. The van der Waals surface area contributed by atoms with Gasteiger partial charge in [0.05, 0.1) is 19.0 Å². The van der Waals surface area contributed by atoms with Gasteiger partial charge in [0, 0.05) is 24.5 Å². The summed E-state index contributed by atoms with van der Waals surface area (Å²) < 4.78 is 24.8. The van der Waals surface area contributed by atoms with Crippen LogP contribution in [0.25, 0.3) is 0 Å². The van der Waals surface area contributed by atoms with Crippen LogP contribution >= 0.6 is 0 Å². The van der Waals surface area contributed by atoms with Crippen molar-refractivity contribution >= 4 is 22.1 Å². The molecule has 2 aromatic rings. The number of sulfonamides is 1. The Morgan fingerprint density at radius 3 is 2.62 bits per heavy atom. The molecule has 126 valence electrons. The van der Waals surface area contributed by atoms with Crippen LogP contribution in [-0.2, 0) is 21.4 Å². The number of hydrazone groups is 1.